The van der Waals surface area contributed by atoms with Gasteiger partial charge in [0.25, 0.3) is 0 Å². The quantitative estimate of drug-likeness (QED) is 0.496. The molecule has 10 heteroatoms. The predicted molar refractivity (Wildman–Crippen MR) is 132 cm³/mol. The molecule has 186 valence electrons. The van der Waals surface area contributed by atoms with Gasteiger partial charge in [0.05, 0.1) is 22.8 Å². The smallest absolute Gasteiger partial charge is 0.240 e. The highest BCUT2D eigenvalue weighted by molar-refractivity contribution is 7.89. The number of carbonyl (C=O) groups is 1. The molecule has 2 aromatic carbocycles. The van der Waals surface area contributed by atoms with Crippen molar-refractivity contribution in [2.24, 2.45) is 5.92 Å². The maximum atomic E-state index is 13.3. The fourth-order valence-electron chi connectivity index (χ4n) is 4.24. The van der Waals surface area contributed by atoms with E-state index in [2.05, 4.69) is 15.1 Å². The minimum absolute atomic E-state index is 0.115. The summed E-state index contributed by atoms with van der Waals surface area (Å²) < 4.78 is 42.8. The summed E-state index contributed by atoms with van der Waals surface area (Å²) in [6.45, 7) is 5.64. The lowest BCUT2D eigenvalue weighted by Crippen LogP contribution is -2.44. The molecule has 0 spiro atoms. The average Bonchev–Trinajstić information content (AvgIpc) is 3.18. The van der Waals surface area contributed by atoms with E-state index < -0.39 is 10.0 Å². The second-order valence-corrected chi connectivity index (χ2v) is 10.8. The Morgan fingerprint density at radius 2 is 1.83 bits per heavy atom. The molecule has 1 atom stereocenters. The van der Waals surface area contributed by atoms with Gasteiger partial charge in [-0.25, -0.2) is 22.2 Å². The number of likely N-dealkylation sites (tertiary alicyclic amines) is 1. The third-order valence-electron chi connectivity index (χ3n) is 6.03. The Hall–Kier alpha value is -3.08. The number of aryl methyl sites for hydroxylation is 2. The standard InChI is InChI=1S/C25H30FN5O3S/c1-18-5-11-23(12-6-18)35(33,34)27-15-20-4-3-13-30(16-20)17-25(32)28-24-14-19(2)29-31(24)22-9-7-21(26)8-10-22/h5-12,14,20,27H,3-4,13,15-17H2,1-2H3,(H,28,32). The molecule has 1 saturated heterocycles. The molecule has 8 nitrogen and oxygen atoms in total. The normalized spacial score (nSPS) is 16.8. The highest BCUT2D eigenvalue weighted by Crippen LogP contribution is 2.20. The predicted octanol–water partition coefficient (Wildman–Crippen LogP) is 3.26. The monoisotopic (exact) mass is 499 g/mol. The van der Waals surface area contributed by atoms with E-state index >= 15 is 0 Å². The van der Waals surface area contributed by atoms with Crippen molar-refractivity contribution in [3.63, 3.8) is 0 Å². The second kappa shape index (κ2) is 10.7. The minimum atomic E-state index is -3.57. The molecule has 1 aliphatic heterocycles. The summed E-state index contributed by atoms with van der Waals surface area (Å²) in [5, 5.41) is 7.30. The molecule has 1 aromatic heterocycles. The Kier molecular flexibility index (Phi) is 7.63. The van der Waals surface area contributed by atoms with E-state index in [1.807, 2.05) is 18.7 Å². The van der Waals surface area contributed by atoms with E-state index in [1.54, 1.807) is 47.1 Å². The van der Waals surface area contributed by atoms with Crippen molar-refractivity contribution in [1.29, 1.82) is 0 Å². The Bertz CT molecular complexity index is 1270. The number of rotatable bonds is 8. The first kappa shape index (κ1) is 25.0. The lowest BCUT2D eigenvalue weighted by Gasteiger charge is -2.32. The fraction of sp³-hybridized carbons (Fsp3) is 0.360. The number of anilines is 1. The van der Waals surface area contributed by atoms with Gasteiger partial charge < -0.3 is 5.32 Å². The minimum Gasteiger partial charge on any atom is -0.309 e. The highest BCUT2D eigenvalue weighted by atomic mass is 32.2. The summed E-state index contributed by atoms with van der Waals surface area (Å²) in [5.41, 5.74) is 2.37. The zero-order valence-corrected chi connectivity index (χ0v) is 20.7. The summed E-state index contributed by atoms with van der Waals surface area (Å²) in [7, 11) is -3.57. The van der Waals surface area contributed by atoms with Gasteiger partial charge in [0.2, 0.25) is 15.9 Å². The van der Waals surface area contributed by atoms with E-state index in [9.17, 15) is 17.6 Å². The first-order valence-corrected chi connectivity index (χ1v) is 13.1. The van der Waals surface area contributed by atoms with Crippen LogP contribution < -0.4 is 10.0 Å². The zero-order valence-electron chi connectivity index (χ0n) is 19.9. The van der Waals surface area contributed by atoms with Gasteiger partial charge in [-0.2, -0.15) is 5.10 Å². The van der Waals surface area contributed by atoms with E-state index in [0.29, 0.717) is 24.6 Å². The van der Waals surface area contributed by atoms with Crippen LogP contribution in [0.15, 0.2) is 59.5 Å². The molecular formula is C25H30FN5O3S. The van der Waals surface area contributed by atoms with Gasteiger partial charge in [-0.15, -0.1) is 0 Å². The Morgan fingerprint density at radius 1 is 1.11 bits per heavy atom. The van der Waals surface area contributed by atoms with Crippen LogP contribution >= 0.6 is 0 Å². The number of sulfonamides is 1. The van der Waals surface area contributed by atoms with Crippen LogP contribution in [0.25, 0.3) is 5.69 Å². The first-order valence-electron chi connectivity index (χ1n) is 11.6. The first-order chi connectivity index (χ1) is 16.7. The summed E-state index contributed by atoms with van der Waals surface area (Å²) in [4.78, 5) is 15.1. The van der Waals surface area contributed by atoms with Crippen LogP contribution in [-0.4, -0.2) is 55.2 Å². The zero-order chi connectivity index (χ0) is 25.0. The molecule has 0 saturated carbocycles. The van der Waals surface area contributed by atoms with Crippen molar-refractivity contribution < 1.29 is 17.6 Å². The third kappa shape index (κ3) is 6.53. The van der Waals surface area contributed by atoms with E-state index in [1.165, 1.54) is 12.1 Å². The van der Waals surface area contributed by atoms with Crippen molar-refractivity contribution in [2.45, 2.75) is 31.6 Å². The van der Waals surface area contributed by atoms with Gasteiger partial charge in [0.1, 0.15) is 11.6 Å². The molecule has 0 bridgehead atoms. The van der Waals surface area contributed by atoms with Gasteiger partial charge in [0.15, 0.2) is 0 Å². The van der Waals surface area contributed by atoms with Gasteiger partial charge in [-0.05, 0) is 75.5 Å². The van der Waals surface area contributed by atoms with Crippen LogP contribution in [-0.2, 0) is 14.8 Å². The van der Waals surface area contributed by atoms with E-state index in [-0.39, 0.29) is 29.1 Å². The van der Waals surface area contributed by atoms with Crippen molar-refractivity contribution in [3.8, 4) is 5.69 Å². The summed E-state index contributed by atoms with van der Waals surface area (Å²) in [6, 6.07) is 14.4. The number of benzene rings is 2. The molecule has 1 aliphatic rings. The Balaban J connectivity index is 1.33. The van der Waals surface area contributed by atoms with Gasteiger partial charge in [-0.3, -0.25) is 9.69 Å². The number of nitrogens with one attached hydrogen (secondary N) is 2. The lowest BCUT2D eigenvalue weighted by molar-refractivity contribution is -0.117. The number of carbonyl (C=O) groups excluding carboxylic acids is 1. The number of amides is 1. The van der Waals surface area contributed by atoms with Crippen molar-refractivity contribution in [3.05, 3.63) is 71.7 Å². The average molecular weight is 500 g/mol. The molecule has 1 fully saturated rings. The van der Waals surface area contributed by atoms with Crippen LogP contribution in [0.3, 0.4) is 0 Å². The van der Waals surface area contributed by atoms with Crippen LogP contribution in [0.5, 0.6) is 0 Å². The van der Waals surface area contributed by atoms with Gasteiger partial charge in [0, 0.05) is 19.2 Å². The Morgan fingerprint density at radius 3 is 2.54 bits per heavy atom. The maximum Gasteiger partial charge on any atom is 0.240 e. The Labute approximate surface area is 205 Å². The van der Waals surface area contributed by atoms with Crippen LogP contribution in [0.1, 0.15) is 24.1 Å². The number of halogens is 1. The van der Waals surface area contributed by atoms with Crippen molar-refractivity contribution >= 4 is 21.7 Å². The molecule has 2 N–H and O–H groups in total. The fourth-order valence-corrected chi connectivity index (χ4v) is 5.36. The van der Waals surface area contributed by atoms with Crippen molar-refractivity contribution in [1.82, 2.24) is 19.4 Å². The molecule has 35 heavy (non-hydrogen) atoms. The van der Waals surface area contributed by atoms with Gasteiger partial charge in [-0.1, -0.05) is 17.7 Å². The van der Waals surface area contributed by atoms with Crippen LogP contribution in [0.4, 0.5) is 10.2 Å². The molecule has 1 amide bonds. The largest absolute Gasteiger partial charge is 0.309 e. The van der Waals surface area contributed by atoms with Crippen molar-refractivity contribution in [2.75, 3.05) is 31.5 Å². The number of hydrogen-bond acceptors (Lipinski definition) is 5. The number of piperidine rings is 1. The topological polar surface area (TPSA) is 96.3 Å². The van der Waals surface area contributed by atoms with E-state index in [4.69, 9.17) is 0 Å². The SMILES string of the molecule is Cc1ccc(S(=O)(=O)NCC2CCCN(CC(=O)Nc3cc(C)nn3-c3ccc(F)cc3)C2)cc1. The van der Waals surface area contributed by atoms with Crippen LogP contribution in [0, 0.1) is 25.6 Å². The summed E-state index contributed by atoms with van der Waals surface area (Å²) in [5.74, 6) is 0.0976. The van der Waals surface area contributed by atoms with Crippen LogP contribution in [0.2, 0.25) is 0 Å². The second-order valence-electron chi connectivity index (χ2n) is 9.02. The third-order valence-corrected chi connectivity index (χ3v) is 7.47. The number of nitrogens with zero attached hydrogens (tertiary/aromatic N) is 3. The highest BCUT2D eigenvalue weighted by Gasteiger charge is 2.24. The maximum absolute atomic E-state index is 13.3. The lowest BCUT2D eigenvalue weighted by atomic mass is 9.98. The molecule has 3 aromatic rings. The molecular weight excluding hydrogens is 469 g/mol. The van der Waals surface area contributed by atoms with E-state index in [0.717, 1.165) is 30.6 Å². The molecule has 0 aliphatic carbocycles. The molecule has 4 rings (SSSR count). The van der Waals surface area contributed by atoms with Gasteiger partial charge >= 0.3 is 0 Å². The number of aromatic nitrogens is 2. The molecule has 2 heterocycles. The number of hydrogen-bond donors (Lipinski definition) is 2. The summed E-state index contributed by atoms with van der Waals surface area (Å²) >= 11 is 0. The molecule has 0 radical (unpaired) electrons. The molecule has 1 unspecified atom stereocenters. The summed E-state index contributed by atoms with van der Waals surface area (Å²) in [6.07, 6.45) is 1.78.